The van der Waals surface area contributed by atoms with Gasteiger partial charge < -0.3 is 15.0 Å². The number of fused-ring (bicyclic) bond motifs is 1. The van der Waals surface area contributed by atoms with Crippen LogP contribution in [0.4, 0.5) is 5.00 Å². The number of aromatic amines is 1. The van der Waals surface area contributed by atoms with Crippen molar-refractivity contribution in [1.82, 2.24) is 9.97 Å². The molecule has 0 radical (unpaired) electrons. The Labute approximate surface area is 192 Å². The van der Waals surface area contributed by atoms with Gasteiger partial charge in [-0.3, -0.25) is 9.59 Å². The first kappa shape index (κ1) is 21.9. The van der Waals surface area contributed by atoms with E-state index >= 15 is 0 Å². The quantitative estimate of drug-likeness (QED) is 0.361. The smallest absolute Gasteiger partial charge is 0.341 e. The first-order valence-electron chi connectivity index (χ1n) is 10.2. The van der Waals surface area contributed by atoms with E-state index in [9.17, 15) is 14.4 Å². The normalized spacial score (nSPS) is 10.9. The number of esters is 1. The van der Waals surface area contributed by atoms with Crippen molar-refractivity contribution in [1.29, 1.82) is 0 Å². The van der Waals surface area contributed by atoms with Gasteiger partial charge in [-0.1, -0.05) is 18.2 Å². The van der Waals surface area contributed by atoms with Crippen molar-refractivity contribution in [2.45, 2.75) is 26.2 Å². The molecule has 1 amide bonds. The first-order valence-corrected chi connectivity index (χ1v) is 11.9. The van der Waals surface area contributed by atoms with E-state index in [-0.39, 0.29) is 24.5 Å². The van der Waals surface area contributed by atoms with Crippen LogP contribution in [-0.4, -0.2) is 28.5 Å². The number of rotatable bonds is 8. The van der Waals surface area contributed by atoms with Gasteiger partial charge in [0, 0.05) is 28.7 Å². The molecule has 1 aromatic carbocycles. The molecule has 0 spiro atoms. The fraction of sp³-hybridized carbons (Fsp3) is 0.217. The minimum atomic E-state index is -0.453. The second-order valence-corrected chi connectivity index (χ2v) is 8.81. The Balaban J connectivity index is 1.43. The number of aromatic nitrogens is 2. The molecular formula is C23H21N3O4S2. The molecule has 4 aromatic rings. The van der Waals surface area contributed by atoms with Crippen LogP contribution in [0.25, 0.3) is 21.3 Å². The van der Waals surface area contributed by atoms with E-state index < -0.39 is 5.97 Å². The number of benzene rings is 1. The van der Waals surface area contributed by atoms with Crippen molar-refractivity contribution in [3.63, 3.8) is 0 Å². The fourth-order valence-electron chi connectivity index (χ4n) is 3.33. The molecule has 0 bridgehead atoms. The van der Waals surface area contributed by atoms with Crippen LogP contribution >= 0.6 is 22.7 Å². The number of amides is 1. The average Bonchev–Trinajstić information content (AvgIpc) is 3.44. The summed E-state index contributed by atoms with van der Waals surface area (Å²) in [5.74, 6) is -0.117. The highest BCUT2D eigenvalue weighted by molar-refractivity contribution is 7.17. The van der Waals surface area contributed by atoms with Crippen molar-refractivity contribution in [2.24, 2.45) is 0 Å². The van der Waals surface area contributed by atoms with Crippen LogP contribution in [0.5, 0.6) is 0 Å². The van der Waals surface area contributed by atoms with Crippen LogP contribution in [-0.2, 0) is 16.0 Å². The Morgan fingerprint density at radius 3 is 2.78 bits per heavy atom. The molecule has 0 saturated carbocycles. The lowest BCUT2D eigenvalue weighted by atomic mass is 10.1. The summed E-state index contributed by atoms with van der Waals surface area (Å²) in [5, 5.41) is 7.67. The van der Waals surface area contributed by atoms with Gasteiger partial charge in [0.1, 0.15) is 16.4 Å². The number of hydrogen-bond acceptors (Lipinski definition) is 7. The maximum Gasteiger partial charge on any atom is 0.341 e. The number of H-pyrrole nitrogens is 1. The summed E-state index contributed by atoms with van der Waals surface area (Å²) >= 11 is 2.83. The average molecular weight is 468 g/mol. The summed E-state index contributed by atoms with van der Waals surface area (Å²) in [4.78, 5) is 45.5. The molecule has 3 heterocycles. The van der Waals surface area contributed by atoms with Crippen LogP contribution in [0.3, 0.4) is 0 Å². The number of thiophene rings is 2. The maximum absolute atomic E-state index is 12.6. The van der Waals surface area contributed by atoms with Crippen molar-refractivity contribution < 1.29 is 14.3 Å². The Morgan fingerprint density at radius 2 is 2.00 bits per heavy atom. The van der Waals surface area contributed by atoms with Gasteiger partial charge in [0.15, 0.2) is 0 Å². The van der Waals surface area contributed by atoms with Gasteiger partial charge >= 0.3 is 5.97 Å². The Morgan fingerprint density at radius 1 is 1.16 bits per heavy atom. The van der Waals surface area contributed by atoms with Crippen molar-refractivity contribution >= 4 is 50.5 Å². The second-order valence-electron chi connectivity index (χ2n) is 6.98. The van der Waals surface area contributed by atoms with E-state index in [1.807, 2.05) is 29.0 Å². The summed E-state index contributed by atoms with van der Waals surface area (Å²) < 4.78 is 5.21. The highest BCUT2D eigenvalue weighted by atomic mass is 32.1. The zero-order chi connectivity index (χ0) is 22.5. The lowest BCUT2D eigenvalue weighted by Crippen LogP contribution is -2.15. The minimum Gasteiger partial charge on any atom is -0.462 e. The van der Waals surface area contributed by atoms with Crippen LogP contribution in [0.15, 0.2) is 52.0 Å². The predicted molar refractivity (Wildman–Crippen MR) is 128 cm³/mol. The lowest BCUT2D eigenvalue weighted by Gasteiger charge is -2.08. The van der Waals surface area contributed by atoms with E-state index in [1.54, 1.807) is 25.1 Å². The molecule has 4 rings (SSSR count). The van der Waals surface area contributed by atoms with Crippen molar-refractivity contribution in [3.05, 3.63) is 68.9 Å². The van der Waals surface area contributed by atoms with Gasteiger partial charge in [-0.05, 0) is 36.9 Å². The van der Waals surface area contributed by atoms with Gasteiger partial charge in [0.2, 0.25) is 5.91 Å². The van der Waals surface area contributed by atoms with Crippen LogP contribution in [0.1, 0.15) is 35.9 Å². The minimum absolute atomic E-state index is 0.186. The van der Waals surface area contributed by atoms with E-state index in [1.165, 1.54) is 22.7 Å². The molecular weight excluding hydrogens is 446 g/mol. The highest BCUT2D eigenvalue weighted by Crippen LogP contribution is 2.38. The Kier molecular flexibility index (Phi) is 6.77. The third-order valence-electron chi connectivity index (χ3n) is 4.79. The Hall–Kier alpha value is -3.30. The van der Waals surface area contributed by atoms with Crippen LogP contribution in [0.2, 0.25) is 0 Å². The van der Waals surface area contributed by atoms with Gasteiger partial charge in [-0.2, -0.15) is 0 Å². The molecule has 164 valence electrons. The summed E-state index contributed by atoms with van der Waals surface area (Å²) in [6.45, 7) is 2.00. The largest absolute Gasteiger partial charge is 0.462 e. The van der Waals surface area contributed by atoms with Gasteiger partial charge in [-0.25, -0.2) is 9.78 Å². The molecule has 0 aliphatic heterocycles. The number of para-hydroxylation sites is 1. The molecule has 2 N–H and O–H groups in total. The summed E-state index contributed by atoms with van der Waals surface area (Å²) in [6, 6.07) is 11.0. The molecule has 0 aliphatic rings. The van der Waals surface area contributed by atoms with Crippen molar-refractivity contribution in [3.8, 4) is 10.4 Å². The molecule has 0 aliphatic carbocycles. The fourth-order valence-corrected chi connectivity index (χ4v) is 5.12. The van der Waals surface area contributed by atoms with E-state index in [2.05, 4.69) is 15.3 Å². The van der Waals surface area contributed by atoms with Gasteiger partial charge in [0.05, 0.1) is 17.5 Å². The van der Waals surface area contributed by atoms with E-state index in [0.29, 0.717) is 40.1 Å². The summed E-state index contributed by atoms with van der Waals surface area (Å²) in [6.07, 6.45) is 1.19. The molecule has 0 unspecified atom stereocenters. The second kappa shape index (κ2) is 9.88. The molecule has 7 nitrogen and oxygen atoms in total. The van der Waals surface area contributed by atoms with E-state index in [4.69, 9.17) is 4.74 Å². The molecule has 0 saturated heterocycles. The number of nitrogens with one attached hydrogen (secondary N) is 2. The Bertz CT molecular complexity index is 1310. The first-order chi connectivity index (χ1) is 15.6. The predicted octanol–water partition coefficient (Wildman–Crippen LogP) is 4.85. The zero-order valence-electron chi connectivity index (χ0n) is 17.3. The molecule has 32 heavy (non-hydrogen) atoms. The highest BCUT2D eigenvalue weighted by Gasteiger charge is 2.23. The lowest BCUT2D eigenvalue weighted by molar-refractivity contribution is -0.116. The van der Waals surface area contributed by atoms with Gasteiger partial charge in [0.25, 0.3) is 5.56 Å². The third-order valence-corrected chi connectivity index (χ3v) is 6.59. The third kappa shape index (κ3) is 4.79. The number of carbonyl (C=O) groups is 2. The number of aryl methyl sites for hydroxylation is 1. The maximum atomic E-state index is 12.6. The number of ether oxygens (including phenoxy) is 1. The molecule has 3 aromatic heterocycles. The summed E-state index contributed by atoms with van der Waals surface area (Å²) in [5.41, 5.74) is 1.59. The topological polar surface area (TPSA) is 101 Å². The zero-order valence-corrected chi connectivity index (χ0v) is 19.0. The molecule has 0 fully saturated rings. The molecule has 0 atom stereocenters. The van der Waals surface area contributed by atoms with Crippen LogP contribution < -0.4 is 10.9 Å². The standard InChI is InChI=1S/C23H21N3O4S2/c1-2-30-23(29)20-15(17-9-6-12-31-17)13-32-22(20)26-19(27)11-5-10-18-24-16-8-4-3-7-14(16)21(28)25-18/h3-4,6-9,12-13H,2,5,10-11H2,1H3,(H,26,27)(H,24,25,28). The monoisotopic (exact) mass is 467 g/mol. The molecule has 9 heteroatoms. The van der Waals surface area contributed by atoms with E-state index in [0.717, 1.165) is 10.4 Å². The van der Waals surface area contributed by atoms with Crippen LogP contribution in [0, 0.1) is 0 Å². The summed E-state index contributed by atoms with van der Waals surface area (Å²) in [7, 11) is 0. The number of carbonyl (C=O) groups excluding carboxylic acids is 2. The number of nitrogens with zero attached hydrogens (tertiary/aromatic N) is 1. The number of hydrogen-bond donors (Lipinski definition) is 2. The SMILES string of the molecule is CCOC(=O)c1c(-c2cccs2)csc1NC(=O)CCCc1nc2ccccc2c(=O)[nH]1. The van der Waals surface area contributed by atoms with Crippen molar-refractivity contribution in [2.75, 3.05) is 11.9 Å². The van der Waals surface area contributed by atoms with Gasteiger partial charge in [-0.15, -0.1) is 22.7 Å². The number of anilines is 1.